The molecule has 1 unspecified atom stereocenters. The molecule has 0 bridgehead atoms. The molecule has 23 heavy (non-hydrogen) atoms. The van der Waals surface area contributed by atoms with Crippen LogP contribution in [0.2, 0.25) is 0 Å². The summed E-state index contributed by atoms with van der Waals surface area (Å²) in [6.07, 6.45) is 3.63. The molecule has 0 radical (unpaired) electrons. The van der Waals surface area contributed by atoms with Crippen molar-refractivity contribution in [3.05, 3.63) is 42.5 Å². The molecule has 0 amide bonds. The van der Waals surface area contributed by atoms with Gasteiger partial charge in [0, 0.05) is 18.8 Å². The van der Waals surface area contributed by atoms with Crippen LogP contribution in [-0.2, 0) is 19.4 Å². The number of carbonyl (C=O) groups excluding carboxylic acids is 1. The van der Waals surface area contributed by atoms with Gasteiger partial charge >= 0.3 is 5.97 Å². The Kier molecular flexibility index (Phi) is 5.82. The van der Waals surface area contributed by atoms with Crippen LogP contribution >= 0.6 is 0 Å². The lowest BCUT2D eigenvalue weighted by atomic mass is 10.1. The van der Waals surface area contributed by atoms with Crippen LogP contribution in [-0.4, -0.2) is 39.8 Å². The minimum Gasteiger partial charge on any atom is -0.465 e. The van der Waals surface area contributed by atoms with Crippen LogP contribution in [0.4, 0.5) is 5.69 Å². The standard InChI is InChI=1S/C17H23NO4S/c1-3-13-23(20,21)16(17(19)22-4-2)14-7-9-15(10-8-14)18-11-5-6-12-18/h3,7-10,16H,1,4-6,11-13H2,2H3. The van der Waals surface area contributed by atoms with Crippen LogP contribution in [0.5, 0.6) is 0 Å². The molecule has 1 aliphatic rings. The zero-order valence-electron chi connectivity index (χ0n) is 13.4. The number of sulfone groups is 1. The first-order valence-corrected chi connectivity index (χ1v) is 9.55. The summed E-state index contributed by atoms with van der Waals surface area (Å²) in [6.45, 7) is 7.28. The fourth-order valence-electron chi connectivity index (χ4n) is 2.80. The predicted octanol–water partition coefficient (Wildman–Crippen LogP) is 2.49. The van der Waals surface area contributed by atoms with Crippen LogP contribution in [0, 0.1) is 0 Å². The largest absolute Gasteiger partial charge is 0.465 e. The molecule has 1 fully saturated rings. The molecule has 0 aliphatic carbocycles. The van der Waals surface area contributed by atoms with Crippen molar-refractivity contribution in [1.29, 1.82) is 0 Å². The molecule has 1 atom stereocenters. The smallest absolute Gasteiger partial charge is 0.328 e. The highest BCUT2D eigenvalue weighted by atomic mass is 32.2. The lowest BCUT2D eigenvalue weighted by Gasteiger charge is -2.20. The van der Waals surface area contributed by atoms with E-state index in [-0.39, 0.29) is 12.4 Å². The molecule has 1 heterocycles. The lowest BCUT2D eigenvalue weighted by molar-refractivity contribution is -0.142. The lowest BCUT2D eigenvalue weighted by Crippen LogP contribution is -2.26. The zero-order chi connectivity index (χ0) is 16.9. The quantitative estimate of drug-likeness (QED) is 0.565. The van der Waals surface area contributed by atoms with Crippen molar-refractivity contribution in [2.75, 3.05) is 30.3 Å². The van der Waals surface area contributed by atoms with E-state index in [1.807, 2.05) is 12.1 Å². The molecule has 0 spiro atoms. The molecular formula is C17H23NO4S. The SMILES string of the molecule is C=CCS(=O)(=O)C(C(=O)OCC)c1ccc(N2CCCC2)cc1. The first-order chi connectivity index (χ1) is 11.0. The highest BCUT2D eigenvalue weighted by molar-refractivity contribution is 7.92. The molecule has 1 aliphatic heterocycles. The minimum absolute atomic E-state index is 0.144. The van der Waals surface area contributed by atoms with Gasteiger partial charge in [-0.3, -0.25) is 4.79 Å². The van der Waals surface area contributed by atoms with Gasteiger partial charge in [0.25, 0.3) is 0 Å². The molecule has 6 heteroatoms. The Labute approximate surface area is 137 Å². The van der Waals surface area contributed by atoms with Gasteiger partial charge < -0.3 is 9.64 Å². The van der Waals surface area contributed by atoms with E-state index in [1.165, 1.54) is 18.9 Å². The zero-order valence-corrected chi connectivity index (χ0v) is 14.2. The first kappa shape index (κ1) is 17.5. The predicted molar refractivity (Wildman–Crippen MR) is 91.2 cm³/mol. The third-order valence-corrected chi connectivity index (χ3v) is 5.76. The molecule has 126 valence electrons. The van der Waals surface area contributed by atoms with Gasteiger partial charge in [0.15, 0.2) is 15.1 Å². The van der Waals surface area contributed by atoms with E-state index in [0.29, 0.717) is 5.56 Å². The Balaban J connectivity index is 2.31. The van der Waals surface area contributed by atoms with Crippen molar-refractivity contribution < 1.29 is 17.9 Å². The van der Waals surface area contributed by atoms with Gasteiger partial charge in [-0.1, -0.05) is 18.2 Å². The van der Waals surface area contributed by atoms with Crippen LogP contribution < -0.4 is 4.90 Å². The van der Waals surface area contributed by atoms with E-state index in [4.69, 9.17) is 4.74 Å². The monoisotopic (exact) mass is 337 g/mol. The molecule has 5 nitrogen and oxygen atoms in total. The van der Waals surface area contributed by atoms with Gasteiger partial charge in [-0.25, -0.2) is 8.42 Å². The fraction of sp³-hybridized carbons (Fsp3) is 0.471. The summed E-state index contributed by atoms with van der Waals surface area (Å²) in [5, 5.41) is -1.30. The second-order valence-corrected chi connectivity index (χ2v) is 7.67. The maximum Gasteiger partial charge on any atom is 0.328 e. The Morgan fingerprint density at radius 3 is 2.43 bits per heavy atom. The summed E-state index contributed by atoms with van der Waals surface area (Å²) >= 11 is 0. The highest BCUT2D eigenvalue weighted by Crippen LogP contribution is 2.28. The summed E-state index contributed by atoms with van der Waals surface area (Å²) in [5.41, 5.74) is 1.49. The number of rotatable bonds is 7. The fourth-order valence-corrected chi connectivity index (χ4v) is 4.26. The minimum atomic E-state index is -3.68. The number of ether oxygens (including phenoxy) is 1. The molecule has 1 saturated heterocycles. The maximum atomic E-state index is 12.4. The third-order valence-electron chi connectivity index (χ3n) is 3.88. The summed E-state index contributed by atoms with van der Waals surface area (Å²) in [6, 6.07) is 7.15. The number of esters is 1. The third kappa shape index (κ3) is 4.13. The average molecular weight is 337 g/mol. The topological polar surface area (TPSA) is 63.7 Å². The van der Waals surface area contributed by atoms with Crippen LogP contribution in [0.25, 0.3) is 0 Å². The van der Waals surface area contributed by atoms with Gasteiger partial charge in [0.05, 0.1) is 12.4 Å². The number of anilines is 1. The van der Waals surface area contributed by atoms with Gasteiger partial charge in [-0.2, -0.15) is 0 Å². The summed E-state index contributed by atoms with van der Waals surface area (Å²) in [4.78, 5) is 14.4. The Bertz CT molecular complexity index is 646. The second kappa shape index (κ2) is 7.64. The second-order valence-electron chi connectivity index (χ2n) is 5.54. The number of hydrogen-bond acceptors (Lipinski definition) is 5. The Hall–Kier alpha value is -1.82. The summed E-state index contributed by atoms with van der Waals surface area (Å²) < 4.78 is 29.8. The molecule has 0 aromatic heterocycles. The van der Waals surface area contributed by atoms with E-state index in [2.05, 4.69) is 11.5 Å². The van der Waals surface area contributed by atoms with Crippen molar-refractivity contribution in [3.8, 4) is 0 Å². The van der Waals surface area contributed by atoms with Crippen molar-refractivity contribution >= 4 is 21.5 Å². The van der Waals surface area contributed by atoms with Gasteiger partial charge in [0.2, 0.25) is 0 Å². The summed E-state index contributed by atoms with van der Waals surface area (Å²) in [7, 11) is -3.68. The molecule has 0 saturated carbocycles. The van der Waals surface area contributed by atoms with E-state index < -0.39 is 21.1 Å². The van der Waals surface area contributed by atoms with Crippen molar-refractivity contribution in [3.63, 3.8) is 0 Å². The Morgan fingerprint density at radius 2 is 1.91 bits per heavy atom. The molecular weight excluding hydrogens is 314 g/mol. The average Bonchev–Trinajstić information content (AvgIpc) is 3.02. The molecule has 1 aromatic carbocycles. The van der Waals surface area contributed by atoms with Gasteiger partial charge in [-0.15, -0.1) is 6.58 Å². The van der Waals surface area contributed by atoms with Gasteiger partial charge in [-0.05, 0) is 37.5 Å². The van der Waals surface area contributed by atoms with Crippen molar-refractivity contribution in [2.24, 2.45) is 0 Å². The van der Waals surface area contributed by atoms with Crippen molar-refractivity contribution in [1.82, 2.24) is 0 Å². The van der Waals surface area contributed by atoms with Gasteiger partial charge in [0.1, 0.15) is 0 Å². The molecule has 0 N–H and O–H groups in total. The first-order valence-electron chi connectivity index (χ1n) is 7.83. The van der Waals surface area contributed by atoms with Crippen molar-refractivity contribution in [2.45, 2.75) is 25.0 Å². The van der Waals surface area contributed by atoms with E-state index in [0.717, 1.165) is 18.8 Å². The van der Waals surface area contributed by atoms with E-state index in [1.54, 1.807) is 19.1 Å². The number of carbonyl (C=O) groups is 1. The van der Waals surface area contributed by atoms with Crippen LogP contribution in [0.1, 0.15) is 30.6 Å². The Morgan fingerprint density at radius 1 is 1.30 bits per heavy atom. The molecule has 2 rings (SSSR count). The normalized spacial score (nSPS) is 16.1. The number of hydrogen-bond donors (Lipinski definition) is 0. The van der Waals surface area contributed by atoms with Crippen LogP contribution in [0.3, 0.4) is 0 Å². The maximum absolute atomic E-state index is 12.4. The van der Waals surface area contributed by atoms with Crippen LogP contribution in [0.15, 0.2) is 36.9 Å². The highest BCUT2D eigenvalue weighted by Gasteiger charge is 2.34. The molecule has 1 aromatic rings. The van der Waals surface area contributed by atoms with E-state index in [9.17, 15) is 13.2 Å². The summed E-state index contributed by atoms with van der Waals surface area (Å²) in [5.74, 6) is -0.993. The van der Waals surface area contributed by atoms with E-state index >= 15 is 0 Å². The number of benzene rings is 1. The number of nitrogens with zero attached hydrogens (tertiary/aromatic N) is 1.